The molecule has 0 saturated carbocycles. The summed E-state index contributed by atoms with van der Waals surface area (Å²) in [6.45, 7) is 9.03. The average Bonchev–Trinajstić information content (AvgIpc) is 2.10. The van der Waals surface area contributed by atoms with Crippen molar-refractivity contribution in [1.82, 2.24) is 0 Å². The number of allylic oxidation sites excluding steroid dienone is 2. The molecule has 0 N–H and O–H groups in total. The molecular weight excluding hydrogens is 156 g/mol. The van der Waals surface area contributed by atoms with E-state index in [-0.39, 0.29) is 0 Å². The monoisotopic (exact) mass is 182 g/mol. The number of hydrogen-bond acceptors (Lipinski definition) is 0. The Balaban J connectivity index is 3.46. The summed E-state index contributed by atoms with van der Waals surface area (Å²) in [6.07, 6.45) is 9.59. The Kier molecular flexibility index (Phi) is 8.18. The van der Waals surface area contributed by atoms with Gasteiger partial charge in [-0.1, -0.05) is 50.7 Å². The van der Waals surface area contributed by atoms with E-state index in [1.54, 1.807) is 5.57 Å². The van der Waals surface area contributed by atoms with Gasteiger partial charge >= 0.3 is 0 Å². The van der Waals surface area contributed by atoms with Gasteiger partial charge in [-0.25, -0.2) is 0 Å². The molecule has 0 spiro atoms. The van der Waals surface area contributed by atoms with Crippen LogP contribution < -0.4 is 0 Å². The molecule has 0 aliphatic heterocycles. The Morgan fingerprint density at radius 3 is 1.92 bits per heavy atom. The van der Waals surface area contributed by atoms with Gasteiger partial charge in [0.25, 0.3) is 0 Å². The first-order valence-electron chi connectivity index (χ1n) is 5.87. The first-order valence-corrected chi connectivity index (χ1v) is 5.87. The highest BCUT2D eigenvalue weighted by Crippen LogP contribution is 2.16. The van der Waals surface area contributed by atoms with E-state index in [1.165, 1.54) is 50.5 Å². The van der Waals surface area contributed by atoms with Crippen LogP contribution in [0.2, 0.25) is 0 Å². The van der Waals surface area contributed by atoms with Crippen molar-refractivity contribution in [2.24, 2.45) is 0 Å². The fourth-order valence-electron chi connectivity index (χ4n) is 1.72. The van der Waals surface area contributed by atoms with Crippen molar-refractivity contribution in [3.63, 3.8) is 0 Å². The van der Waals surface area contributed by atoms with Gasteiger partial charge in [-0.3, -0.25) is 0 Å². The maximum absolute atomic E-state index is 2.27. The van der Waals surface area contributed by atoms with Crippen LogP contribution >= 0.6 is 0 Å². The number of rotatable bonds is 7. The van der Waals surface area contributed by atoms with Crippen LogP contribution in [0.4, 0.5) is 0 Å². The largest absolute Gasteiger partial charge is 0.0772 e. The molecule has 0 atom stereocenters. The lowest BCUT2D eigenvalue weighted by molar-refractivity contribution is 0.624. The van der Waals surface area contributed by atoms with Crippen molar-refractivity contribution in [3.05, 3.63) is 11.1 Å². The topological polar surface area (TPSA) is 0 Å². The Hall–Kier alpha value is -0.260. The molecule has 0 amide bonds. The first-order chi connectivity index (χ1) is 6.22. The third kappa shape index (κ3) is 6.86. The van der Waals surface area contributed by atoms with Crippen LogP contribution in [0.5, 0.6) is 0 Å². The highest BCUT2D eigenvalue weighted by molar-refractivity contribution is 5.08. The molecule has 0 radical (unpaired) electrons. The van der Waals surface area contributed by atoms with Crippen molar-refractivity contribution in [2.45, 2.75) is 72.6 Å². The summed E-state index contributed by atoms with van der Waals surface area (Å²) in [4.78, 5) is 0. The quantitative estimate of drug-likeness (QED) is 0.380. The van der Waals surface area contributed by atoms with Gasteiger partial charge in [-0.05, 0) is 33.1 Å². The van der Waals surface area contributed by atoms with Crippen molar-refractivity contribution >= 4 is 0 Å². The summed E-state index contributed by atoms with van der Waals surface area (Å²) >= 11 is 0. The molecule has 0 rings (SSSR count). The first kappa shape index (κ1) is 12.7. The summed E-state index contributed by atoms with van der Waals surface area (Å²) in [5.41, 5.74) is 3.22. The second-order valence-corrected chi connectivity index (χ2v) is 4.12. The molecule has 0 aliphatic rings. The smallest absolute Gasteiger partial charge is 0.0318 e. The maximum atomic E-state index is 2.27. The fourth-order valence-corrected chi connectivity index (χ4v) is 1.72. The van der Waals surface area contributed by atoms with Crippen molar-refractivity contribution in [2.75, 3.05) is 0 Å². The lowest BCUT2D eigenvalue weighted by Crippen LogP contribution is -1.86. The minimum Gasteiger partial charge on any atom is -0.0772 e. The molecule has 78 valence electrons. The van der Waals surface area contributed by atoms with E-state index in [0.717, 1.165) is 0 Å². The molecule has 0 saturated heterocycles. The van der Waals surface area contributed by atoms with Crippen molar-refractivity contribution in [3.8, 4) is 0 Å². The van der Waals surface area contributed by atoms with Crippen LogP contribution in [0.3, 0.4) is 0 Å². The van der Waals surface area contributed by atoms with Crippen LogP contribution in [0, 0.1) is 0 Å². The molecular formula is C13H26. The van der Waals surface area contributed by atoms with Crippen LogP contribution in [0.1, 0.15) is 72.6 Å². The summed E-state index contributed by atoms with van der Waals surface area (Å²) < 4.78 is 0. The van der Waals surface area contributed by atoms with Gasteiger partial charge < -0.3 is 0 Å². The van der Waals surface area contributed by atoms with E-state index >= 15 is 0 Å². The number of unbranched alkanes of at least 4 members (excludes halogenated alkanes) is 4. The fraction of sp³-hybridized carbons (Fsp3) is 0.846. The van der Waals surface area contributed by atoms with E-state index < -0.39 is 0 Å². The van der Waals surface area contributed by atoms with E-state index in [9.17, 15) is 0 Å². The zero-order chi connectivity index (χ0) is 10.1. The van der Waals surface area contributed by atoms with Gasteiger partial charge in [0, 0.05) is 0 Å². The van der Waals surface area contributed by atoms with Crippen LogP contribution in [0.15, 0.2) is 11.1 Å². The van der Waals surface area contributed by atoms with E-state index in [0.29, 0.717) is 0 Å². The molecule has 0 heteroatoms. The third-order valence-electron chi connectivity index (χ3n) is 2.72. The number of hydrogen-bond donors (Lipinski definition) is 0. The lowest BCUT2D eigenvalue weighted by Gasteiger charge is -2.06. The Labute approximate surface area is 84.4 Å². The molecule has 0 aliphatic carbocycles. The normalized spacial score (nSPS) is 10.2. The lowest BCUT2D eigenvalue weighted by atomic mass is 10.0. The molecule has 0 unspecified atom stereocenters. The van der Waals surface area contributed by atoms with Gasteiger partial charge in [0.2, 0.25) is 0 Å². The predicted octanol–water partition coefficient (Wildman–Crippen LogP) is 5.09. The summed E-state index contributed by atoms with van der Waals surface area (Å²) in [6, 6.07) is 0. The average molecular weight is 182 g/mol. The summed E-state index contributed by atoms with van der Waals surface area (Å²) in [5, 5.41) is 0. The standard InChI is InChI=1S/C13H26/c1-5-7-8-9-10-11-13(6-2)12(3)4/h5-11H2,1-4H3. The molecule has 0 aromatic rings. The predicted molar refractivity (Wildman–Crippen MR) is 62.0 cm³/mol. The van der Waals surface area contributed by atoms with Gasteiger partial charge in [0.1, 0.15) is 0 Å². The SMILES string of the molecule is CCCCCCCC(CC)=C(C)C. The molecule has 0 nitrogen and oxygen atoms in total. The Morgan fingerprint density at radius 1 is 0.846 bits per heavy atom. The highest BCUT2D eigenvalue weighted by atomic mass is 14.0. The zero-order valence-electron chi connectivity index (χ0n) is 9.95. The van der Waals surface area contributed by atoms with Gasteiger partial charge in [0.15, 0.2) is 0 Å². The molecule has 13 heavy (non-hydrogen) atoms. The summed E-state index contributed by atoms with van der Waals surface area (Å²) in [5.74, 6) is 0. The van der Waals surface area contributed by atoms with Gasteiger partial charge in [-0.15, -0.1) is 0 Å². The second-order valence-electron chi connectivity index (χ2n) is 4.12. The van der Waals surface area contributed by atoms with E-state index in [1.807, 2.05) is 0 Å². The summed E-state index contributed by atoms with van der Waals surface area (Å²) in [7, 11) is 0. The molecule has 0 fully saturated rings. The van der Waals surface area contributed by atoms with E-state index in [2.05, 4.69) is 27.7 Å². The minimum absolute atomic E-state index is 1.25. The van der Waals surface area contributed by atoms with Crippen molar-refractivity contribution < 1.29 is 0 Å². The maximum Gasteiger partial charge on any atom is -0.0318 e. The molecule has 0 aromatic heterocycles. The third-order valence-corrected chi connectivity index (χ3v) is 2.72. The van der Waals surface area contributed by atoms with Crippen LogP contribution in [-0.2, 0) is 0 Å². The molecule has 0 heterocycles. The van der Waals surface area contributed by atoms with Crippen LogP contribution in [0.25, 0.3) is 0 Å². The highest BCUT2D eigenvalue weighted by Gasteiger charge is 1.96. The zero-order valence-corrected chi connectivity index (χ0v) is 9.95. The van der Waals surface area contributed by atoms with Gasteiger partial charge in [-0.2, -0.15) is 0 Å². The Bertz CT molecular complexity index is 138. The van der Waals surface area contributed by atoms with E-state index in [4.69, 9.17) is 0 Å². The Morgan fingerprint density at radius 2 is 1.46 bits per heavy atom. The van der Waals surface area contributed by atoms with Gasteiger partial charge in [0.05, 0.1) is 0 Å². The molecule has 0 bridgehead atoms. The minimum atomic E-state index is 1.25. The van der Waals surface area contributed by atoms with Crippen molar-refractivity contribution in [1.29, 1.82) is 0 Å². The molecule has 0 aromatic carbocycles. The van der Waals surface area contributed by atoms with Crippen LogP contribution in [-0.4, -0.2) is 0 Å². The second kappa shape index (κ2) is 8.34.